The third-order valence-corrected chi connectivity index (χ3v) is 4.56. The molecule has 4 rings (SSSR count). The van der Waals surface area contributed by atoms with Gasteiger partial charge < -0.3 is 10.2 Å². The molecule has 4 aromatic rings. The molecule has 4 nitrogen and oxygen atoms in total. The quantitative estimate of drug-likeness (QED) is 0.526. The zero-order valence-electron chi connectivity index (χ0n) is 14.7. The number of benzene rings is 3. The van der Waals surface area contributed by atoms with Crippen molar-refractivity contribution in [1.82, 2.24) is 4.98 Å². The van der Waals surface area contributed by atoms with Crippen molar-refractivity contribution in [2.75, 3.05) is 17.3 Å². The maximum Gasteiger partial charge on any atom is 0.223 e. The minimum atomic E-state index is 0.00182. The van der Waals surface area contributed by atoms with Crippen LogP contribution in [-0.2, 0) is 4.79 Å². The molecule has 0 aliphatic heterocycles. The minimum Gasteiger partial charge on any atom is -0.354 e. The highest BCUT2D eigenvalue weighted by Gasteiger charge is 2.10. The van der Waals surface area contributed by atoms with Crippen molar-refractivity contribution >= 4 is 44.8 Å². The van der Waals surface area contributed by atoms with Crippen molar-refractivity contribution in [3.8, 4) is 0 Å². The number of carbonyl (C=O) groups excluding carboxylic acids is 1. The first kappa shape index (κ1) is 16.1. The lowest BCUT2D eigenvalue weighted by Crippen LogP contribution is -2.22. The number of fused-ring (bicyclic) bond motifs is 2. The van der Waals surface area contributed by atoms with E-state index in [1.54, 1.807) is 18.9 Å². The fraction of sp³-hybridized carbons (Fsp3) is 0.0909. The van der Waals surface area contributed by atoms with E-state index in [1.165, 1.54) is 0 Å². The second-order valence-electron chi connectivity index (χ2n) is 6.27. The van der Waals surface area contributed by atoms with Crippen molar-refractivity contribution < 1.29 is 4.79 Å². The van der Waals surface area contributed by atoms with Crippen molar-refractivity contribution in [1.29, 1.82) is 0 Å². The molecule has 1 N–H and O–H groups in total. The zero-order chi connectivity index (χ0) is 18.1. The normalized spacial score (nSPS) is 10.8. The number of anilines is 3. The lowest BCUT2D eigenvalue weighted by molar-refractivity contribution is -0.116. The summed E-state index contributed by atoms with van der Waals surface area (Å²) in [5.74, 6) is 0.00182. The highest BCUT2D eigenvalue weighted by Crippen LogP contribution is 2.33. The number of nitrogens with zero attached hydrogens (tertiary/aromatic N) is 2. The Bertz CT molecular complexity index is 1070. The lowest BCUT2D eigenvalue weighted by atomic mass is 10.1. The second-order valence-corrected chi connectivity index (χ2v) is 6.27. The Balaban J connectivity index is 1.86. The Kier molecular flexibility index (Phi) is 4.01. The molecule has 128 valence electrons. The monoisotopic (exact) mass is 341 g/mol. The molecule has 0 aliphatic carbocycles. The van der Waals surface area contributed by atoms with E-state index >= 15 is 0 Å². The Morgan fingerprint density at radius 2 is 1.50 bits per heavy atom. The van der Waals surface area contributed by atoms with Crippen LogP contribution in [0, 0.1) is 0 Å². The molecule has 3 aromatic carbocycles. The lowest BCUT2D eigenvalue weighted by Gasteiger charge is -2.17. The van der Waals surface area contributed by atoms with Crippen LogP contribution in [0.4, 0.5) is 17.1 Å². The molecular formula is C22H19N3O. The maximum atomic E-state index is 11.7. The van der Waals surface area contributed by atoms with Gasteiger partial charge in [-0.2, -0.15) is 0 Å². The van der Waals surface area contributed by atoms with Gasteiger partial charge in [-0.05, 0) is 30.3 Å². The van der Waals surface area contributed by atoms with Crippen LogP contribution in [0.1, 0.15) is 6.92 Å². The number of aromatic nitrogens is 1. The summed E-state index contributed by atoms with van der Waals surface area (Å²) in [6.45, 7) is 1.56. The molecule has 4 heteroatoms. The molecule has 0 bridgehead atoms. The average molecular weight is 341 g/mol. The summed E-state index contributed by atoms with van der Waals surface area (Å²) in [4.78, 5) is 18.0. The van der Waals surface area contributed by atoms with E-state index in [4.69, 9.17) is 4.98 Å². The SMILES string of the molecule is CC(=O)N(C)c1cccc(Nc2c3ccccc3nc3ccccc23)c1. The number of hydrogen-bond acceptors (Lipinski definition) is 3. The smallest absolute Gasteiger partial charge is 0.223 e. The van der Waals surface area contributed by atoms with Gasteiger partial charge in [-0.1, -0.05) is 42.5 Å². The molecule has 0 saturated carbocycles. The van der Waals surface area contributed by atoms with Crippen LogP contribution in [0.2, 0.25) is 0 Å². The van der Waals surface area contributed by atoms with Gasteiger partial charge in [-0.25, -0.2) is 4.98 Å². The molecule has 0 spiro atoms. The molecular weight excluding hydrogens is 322 g/mol. The Labute approximate surface area is 152 Å². The average Bonchev–Trinajstić information content (AvgIpc) is 2.67. The fourth-order valence-corrected chi connectivity index (χ4v) is 3.09. The van der Waals surface area contributed by atoms with Crippen molar-refractivity contribution in [2.45, 2.75) is 6.92 Å². The summed E-state index contributed by atoms with van der Waals surface area (Å²) >= 11 is 0. The minimum absolute atomic E-state index is 0.00182. The van der Waals surface area contributed by atoms with Crippen LogP contribution in [0.15, 0.2) is 72.8 Å². The van der Waals surface area contributed by atoms with E-state index in [9.17, 15) is 4.79 Å². The number of pyridine rings is 1. The van der Waals surface area contributed by atoms with Crippen LogP contribution in [0.5, 0.6) is 0 Å². The maximum absolute atomic E-state index is 11.7. The van der Waals surface area contributed by atoms with Crippen molar-refractivity contribution in [2.24, 2.45) is 0 Å². The number of amides is 1. The van der Waals surface area contributed by atoms with E-state index in [-0.39, 0.29) is 5.91 Å². The van der Waals surface area contributed by atoms with Crippen LogP contribution < -0.4 is 10.2 Å². The molecule has 26 heavy (non-hydrogen) atoms. The van der Waals surface area contributed by atoms with Gasteiger partial charge in [0.05, 0.1) is 16.7 Å². The zero-order valence-corrected chi connectivity index (χ0v) is 14.7. The van der Waals surface area contributed by atoms with E-state index < -0.39 is 0 Å². The predicted molar refractivity (Wildman–Crippen MR) is 108 cm³/mol. The number of carbonyl (C=O) groups is 1. The number of nitrogens with one attached hydrogen (secondary N) is 1. The van der Waals surface area contributed by atoms with Gasteiger partial charge >= 0.3 is 0 Å². The van der Waals surface area contributed by atoms with Gasteiger partial charge in [0.1, 0.15) is 0 Å². The van der Waals surface area contributed by atoms with E-state index in [1.807, 2.05) is 60.7 Å². The number of hydrogen-bond donors (Lipinski definition) is 1. The first-order valence-electron chi connectivity index (χ1n) is 8.52. The molecule has 0 radical (unpaired) electrons. The Morgan fingerprint density at radius 3 is 2.12 bits per heavy atom. The Hall–Kier alpha value is -3.40. The highest BCUT2D eigenvalue weighted by atomic mass is 16.2. The molecule has 0 unspecified atom stereocenters. The number of para-hydroxylation sites is 2. The second kappa shape index (κ2) is 6.48. The summed E-state index contributed by atoms with van der Waals surface area (Å²) in [6, 6.07) is 24.1. The molecule has 1 aromatic heterocycles. The third kappa shape index (κ3) is 2.86. The van der Waals surface area contributed by atoms with Crippen molar-refractivity contribution in [3.05, 3.63) is 72.8 Å². The molecule has 0 fully saturated rings. The van der Waals surface area contributed by atoms with E-state index in [0.29, 0.717) is 0 Å². The van der Waals surface area contributed by atoms with Gasteiger partial charge in [-0.3, -0.25) is 4.79 Å². The summed E-state index contributed by atoms with van der Waals surface area (Å²) in [7, 11) is 1.78. The van der Waals surface area contributed by atoms with E-state index in [2.05, 4.69) is 17.4 Å². The highest BCUT2D eigenvalue weighted by molar-refractivity contribution is 6.08. The molecule has 1 heterocycles. The standard InChI is InChI=1S/C22H19N3O/c1-15(26)25(2)17-9-7-8-16(14-17)23-22-18-10-3-5-12-20(18)24-21-13-6-4-11-19(21)22/h3-14H,1-2H3,(H,23,24). The summed E-state index contributed by atoms with van der Waals surface area (Å²) in [5.41, 5.74) is 4.70. The summed E-state index contributed by atoms with van der Waals surface area (Å²) in [5, 5.41) is 5.68. The Morgan fingerprint density at radius 1 is 0.885 bits per heavy atom. The molecule has 0 aliphatic rings. The first-order valence-corrected chi connectivity index (χ1v) is 8.52. The van der Waals surface area contributed by atoms with Gasteiger partial charge in [-0.15, -0.1) is 0 Å². The summed E-state index contributed by atoms with van der Waals surface area (Å²) in [6.07, 6.45) is 0. The molecule has 0 saturated heterocycles. The van der Waals surface area contributed by atoms with Gasteiger partial charge in [0.15, 0.2) is 0 Å². The molecule has 1 amide bonds. The van der Waals surface area contributed by atoms with Crippen LogP contribution in [-0.4, -0.2) is 17.9 Å². The van der Waals surface area contributed by atoms with Gasteiger partial charge in [0, 0.05) is 36.1 Å². The first-order chi connectivity index (χ1) is 12.6. The van der Waals surface area contributed by atoms with Crippen LogP contribution >= 0.6 is 0 Å². The van der Waals surface area contributed by atoms with Crippen molar-refractivity contribution in [3.63, 3.8) is 0 Å². The summed E-state index contributed by atoms with van der Waals surface area (Å²) < 4.78 is 0. The topological polar surface area (TPSA) is 45.2 Å². The molecule has 0 atom stereocenters. The fourth-order valence-electron chi connectivity index (χ4n) is 3.09. The van der Waals surface area contributed by atoms with E-state index in [0.717, 1.165) is 38.9 Å². The van der Waals surface area contributed by atoms with Crippen LogP contribution in [0.3, 0.4) is 0 Å². The van der Waals surface area contributed by atoms with Gasteiger partial charge in [0.25, 0.3) is 0 Å². The van der Waals surface area contributed by atoms with Crippen LogP contribution in [0.25, 0.3) is 21.8 Å². The number of rotatable bonds is 3. The largest absolute Gasteiger partial charge is 0.354 e. The third-order valence-electron chi connectivity index (χ3n) is 4.56. The van der Waals surface area contributed by atoms with Gasteiger partial charge in [0.2, 0.25) is 5.91 Å². The predicted octanol–water partition coefficient (Wildman–Crippen LogP) is 5.11.